The van der Waals surface area contributed by atoms with Gasteiger partial charge in [-0.2, -0.15) is 11.8 Å². The molecule has 0 aromatic heterocycles. The number of halogens is 1. The average Bonchev–Trinajstić information content (AvgIpc) is 2.40. The fourth-order valence-corrected chi connectivity index (χ4v) is 3.58. The van der Waals surface area contributed by atoms with Crippen LogP contribution in [0.5, 0.6) is 0 Å². The van der Waals surface area contributed by atoms with E-state index in [1.54, 1.807) is 24.3 Å². The average molecular weight is 366 g/mol. The van der Waals surface area contributed by atoms with Crippen LogP contribution >= 0.6 is 24.2 Å². The minimum atomic E-state index is -3.38. The van der Waals surface area contributed by atoms with Crippen LogP contribution in [0.1, 0.15) is 6.42 Å². The molecule has 0 saturated carbocycles. The molecule has 124 valence electrons. The molecule has 1 unspecified atom stereocenters. The van der Waals surface area contributed by atoms with Gasteiger partial charge < -0.3 is 10.6 Å². The molecule has 0 spiro atoms. The van der Waals surface area contributed by atoms with Crippen LogP contribution in [0.25, 0.3) is 0 Å². The summed E-state index contributed by atoms with van der Waals surface area (Å²) in [6.07, 6.45) is 1.45. The summed E-state index contributed by atoms with van der Waals surface area (Å²) in [6.45, 7) is 0.912. The Morgan fingerprint density at radius 1 is 1.36 bits per heavy atom. The molecule has 6 nitrogen and oxygen atoms in total. The van der Waals surface area contributed by atoms with Gasteiger partial charge in [-0.25, -0.2) is 8.42 Å². The van der Waals surface area contributed by atoms with Gasteiger partial charge in [-0.1, -0.05) is 12.1 Å². The molecule has 1 aromatic carbocycles. The second-order valence-electron chi connectivity index (χ2n) is 4.90. The van der Waals surface area contributed by atoms with E-state index in [1.807, 2.05) is 11.8 Å². The lowest BCUT2D eigenvalue weighted by Crippen LogP contribution is -2.39. The Hall–Kier alpha value is -0.960. The topological polar surface area (TPSA) is 87.3 Å². The molecule has 9 heteroatoms. The molecular weight excluding hydrogens is 346 g/mol. The molecule has 0 aliphatic carbocycles. The summed E-state index contributed by atoms with van der Waals surface area (Å²) in [6, 6.07) is 6.92. The fourth-order valence-electron chi connectivity index (χ4n) is 2.06. The number of carbonyl (C=O) groups excluding carboxylic acids is 1. The van der Waals surface area contributed by atoms with Crippen LogP contribution in [0.2, 0.25) is 0 Å². The zero-order valence-corrected chi connectivity index (χ0v) is 14.6. The molecule has 1 saturated heterocycles. The number of para-hydroxylation sites is 2. The molecule has 1 fully saturated rings. The van der Waals surface area contributed by atoms with Crippen molar-refractivity contribution in [2.45, 2.75) is 12.5 Å². The number of benzene rings is 1. The van der Waals surface area contributed by atoms with Crippen molar-refractivity contribution in [3.05, 3.63) is 24.3 Å². The fraction of sp³-hybridized carbons (Fsp3) is 0.462. The van der Waals surface area contributed by atoms with Crippen LogP contribution in [0.15, 0.2) is 24.3 Å². The Labute approximate surface area is 141 Å². The van der Waals surface area contributed by atoms with Gasteiger partial charge in [-0.3, -0.25) is 9.52 Å². The van der Waals surface area contributed by atoms with E-state index in [9.17, 15) is 13.2 Å². The third kappa shape index (κ3) is 6.43. The van der Waals surface area contributed by atoms with Crippen LogP contribution < -0.4 is 15.4 Å². The van der Waals surface area contributed by atoms with Crippen molar-refractivity contribution < 1.29 is 13.2 Å². The highest BCUT2D eigenvalue weighted by Crippen LogP contribution is 2.22. The second kappa shape index (κ2) is 8.61. The minimum Gasteiger partial charge on any atom is -0.324 e. The van der Waals surface area contributed by atoms with Crippen molar-refractivity contribution in [2.75, 3.05) is 34.3 Å². The zero-order chi connectivity index (χ0) is 15.3. The highest BCUT2D eigenvalue weighted by molar-refractivity contribution is 7.99. The summed E-state index contributed by atoms with van der Waals surface area (Å²) in [7, 11) is -3.38. The van der Waals surface area contributed by atoms with Crippen molar-refractivity contribution in [2.24, 2.45) is 0 Å². The Bertz CT molecular complexity index is 604. The van der Waals surface area contributed by atoms with E-state index >= 15 is 0 Å². The monoisotopic (exact) mass is 365 g/mol. The number of hydrogen-bond donors (Lipinski definition) is 3. The number of nitrogens with one attached hydrogen (secondary N) is 3. The van der Waals surface area contributed by atoms with Gasteiger partial charge in [0.1, 0.15) is 0 Å². The Balaban J connectivity index is 0.00000242. The first kappa shape index (κ1) is 19.1. The Morgan fingerprint density at radius 2 is 2.05 bits per heavy atom. The van der Waals surface area contributed by atoms with Crippen molar-refractivity contribution in [1.29, 1.82) is 0 Å². The van der Waals surface area contributed by atoms with Crippen molar-refractivity contribution in [3.8, 4) is 0 Å². The first-order chi connectivity index (χ1) is 9.94. The first-order valence-electron chi connectivity index (χ1n) is 6.62. The number of anilines is 2. The summed E-state index contributed by atoms with van der Waals surface area (Å²) in [5.41, 5.74) is 0.843. The van der Waals surface area contributed by atoms with Gasteiger partial charge >= 0.3 is 0 Å². The molecule has 1 heterocycles. The van der Waals surface area contributed by atoms with E-state index in [-0.39, 0.29) is 24.4 Å². The van der Waals surface area contributed by atoms with Crippen LogP contribution in [0.4, 0.5) is 11.4 Å². The molecule has 0 bridgehead atoms. The largest absolute Gasteiger partial charge is 0.324 e. The third-order valence-electron chi connectivity index (χ3n) is 2.93. The summed E-state index contributed by atoms with van der Waals surface area (Å²) >= 11 is 1.83. The molecule has 1 aliphatic rings. The highest BCUT2D eigenvalue weighted by Gasteiger charge is 2.17. The maximum Gasteiger partial charge on any atom is 0.229 e. The normalized spacial score (nSPS) is 18.1. The second-order valence-corrected chi connectivity index (χ2v) is 7.80. The predicted octanol–water partition coefficient (Wildman–Crippen LogP) is 1.51. The lowest BCUT2D eigenvalue weighted by Gasteiger charge is -2.22. The summed E-state index contributed by atoms with van der Waals surface area (Å²) in [5, 5.41) is 6.06. The summed E-state index contributed by atoms with van der Waals surface area (Å²) in [4.78, 5) is 12.1. The molecular formula is C13H20ClN3O3S2. The van der Waals surface area contributed by atoms with Gasteiger partial charge in [-0.15, -0.1) is 12.4 Å². The lowest BCUT2D eigenvalue weighted by molar-refractivity contribution is -0.116. The van der Waals surface area contributed by atoms with E-state index in [2.05, 4.69) is 15.4 Å². The Morgan fingerprint density at radius 3 is 2.64 bits per heavy atom. The van der Waals surface area contributed by atoms with Gasteiger partial charge in [0.2, 0.25) is 15.9 Å². The summed E-state index contributed by atoms with van der Waals surface area (Å²) < 4.78 is 25.0. The number of sulfonamides is 1. The SMILES string of the molecule is CS(=O)(=O)Nc1ccccc1NC(=O)CC1CSCCN1.Cl. The van der Waals surface area contributed by atoms with Gasteiger partial charge in [0.25, 0.3) is 0 Å². The van der Waals surface area contributed by atoms with Gasteiger partial charge in [-0.05, 0) is 12.1 Å². The molecule has 3 N–H and O–H groups in total. The van der Waals surface area contributed by atoms with Crippen molar-refractivity contribution in [1.82, 2.24) is 5.32 Å². The van der Waals surface area contributed by atoms with Gasteiger partial charge in [0.15, 0.2) is 0 Å². The molecule has 2 rings (SSSR count). The van der Waals surface area contributed by atoms with Crippen LogP contribution in [-0.4, -0.2) is 44.7 Å². The predicted molar refractivity (Wildman–Crippen MR) is 94.5 cm³/mol. The lowest BCUT2D eigenvalue weighted by atomic mass is 10.2. The molecule has 1 aromatic rings. The molecule has 0 radical (unpaired) electrons. The number of thioether (sulfide) groups is 1. The highest BCUT2D eigenvalue weighted by atomic mass is 35.5. The number of hydrogen-bond acceptors (Lipinski definition) is 5. The maximum absolute atomic E-state index is 12.1. The Kier molecular flexibility index (Phi) is 7.47. The number of carbonyl (C=O) groups is 1. The number of amides is 1. The van der Waals surface area contributed by atoms with E-state index in [0.29, 0.717) is 17.8 Å². The van der Waals surface area contributed by atoms with E-state index in [1.165, 1.54) is 0 Å². The standard InChI is InChI=1S/C13H19N3O3S2.ClH/c1-21(18,19)16-12-5-3-2-4-11(12)15-13(17)8-10-9-20-7-6-14-10;/h2-5,10,14,16H,6-9H2,1H3,(H,15,17);1H. The zero-order valence-electron chi connectivity index (χ0n) is 12.2. The quantitative estimate of drug-likeness (QED) is 0.736. The van der Waals surface area contributed by atoms with Crippen molar-refractivity contribution in [3.63, 3.8) is 0 Å². The van der Waals surface area contributed by atoms with E-state index in [0.717, 1.165) is 24.3 Å². The first-order valence-corrected chi connectivity index (χ1v) is 9.66. The minimum absolute atomic E-state index is 0. The molecule has 22 heavy (non-hydrogen) atoms. The molecule has 1 aliphatic heterocycles. The molecule has 1 amide bonds. The van der Waals surface area contributed by atoms with E-state index in [4.69, 9.17) is 0 Å². The van der Waals surface area contributed by atoms with Crippen LogP contribution in [0, 0.1) is 0 Å². The summed E-state index contributed by atoms with van der Waals surface area (Å²) in [5.74, 6) is 1.85. The number of rotatable bonds is 5. The smallest absolute Gasteiger partial charge is 0.229 e. The van der Waals surface area contributed by atoms with Crippen LogP contribution in [-0.2, 0) is 14.8 Å². The van der Waals surface area contributed by atoms with E-state index < -0.39 is 10.0 Å². The van der Waals surface area contributed by atoms with Gasteiger partial charge in [0, 0.05) is 30.5 Å². The van der Waals surface area contributed by atoms with Crippen molar-refractivity contribution >= 4 is 51.5 Å². The molecule has 1 atom stereocenters. The van der Waals surface area contributed by atoms with Crippen LogP contribution in [0.3, 0.4) is 0 Å². The maximum atomic E-state index is 12.1. The third-order valence-corrected chi connectivity index (χ3v) is 4.65. The van der Waals surface area contributed by atoms with Gasteiger partial charge in [0.05, 0.1) is 17.6 Å².